The summed E-state index contributed by atoms with van der Waals surface area (Å²) in [5.74, 6) is -0.991. The first-order chi connectivity index (χ1) is 13.5. The average molecular weight is 379 g/mol. The zero-order chi connectivity index (χ0) is 20.1. The van der Waals surface area contributed by atoms with Gasteiger partial charge >= 0.3 is 11.9 Å². The summed E-state index contributed by atoms with van der Waals surface area (Å²) in [6, 6.07) is 16.0. The van der Waals surface area contributed by atoms with E-state index in [4.69, 9.17) is 19.5 Å². The fourth-order valence-corrected chi connectivity index (χ4v) is 2.90. The van der Waals surface area contributed by atoms with Crippen LogP contribution in [-0.2, 0) is 14.2 Å². The fourth-order valence-electron chi connectivity index (χ4n) is 2.90. The number of carbonyl (C=O) groups is 2. The van der Waals surface area contributed by atoms with Crippen LogP contribution in [0, 0.1) is 25.2 Å². The van der Waals surface area contributed by atoms with E-state index in [2.05, 4.69) is 0 Å². The minimum absolute atomic E-state index is 0.100. The number of ether oxygens (including phenoxy) is 3. The van der Waals surface area contributed by atoms with E-state index < -0.39 is 30.3 Å². The molecule has 0 unspecified atom stereocenters. The molecule has 6 heteroatoms. The molecule has 0 amide bonds. The molecule has 1 aliphatic rings. The zero-order valence-corrected chi connectivity index (χ0v) is 15.8. The van der Waals surface area contributed by atoms with Gasteiger partial charge in [-0.15, -0.1) is 0 Å². The number of aryl methyl sites for hydroxylation is 2. The molecule has 2 aromatic rings. The first-order valence-corrected chi connectivity index (χ1v) is 9.03. The largest absolute Gasteiger partial charge is 0.459 e. The van der Waals surface area contributed by atoms with Gasteiger partial charge in [-0.1, -0.05) is 35.4 Å². The van der Waals surface area contributed by atoms with E-state index >= 15 is 0 Å². The van der Waals surface area contributed by atoms with Crippen molar-refractivity contribution in [3.05, 3.63) is 70.8 Å². The molecular weight excluding hydrogens is 358 g/mol. The van der Waals surface area contributed by atoms with Crippen molar-refractivity contribution in [2.75, 3.05) is 6.61 Å². The van der Waals surface area contributed by atoms with Crippen molar-refractivity contribution < 1.29 is 23.8 Å². The molecule has 1 fully saturated rings. The van der Waals surface area contributed by atoms with Crippen LogP contribution in [0.5, 0.6) is 0 Å². The first-order valence-electron chi connectivity index (χ1n) is 9.03. The Morgan fingerprint density at radius 1 is 1.00 bits per heavy atom. The molecule has 6 nitrogen and oxygen atoms in total. The van der Waals surface area contributed by atoms with Gasteiger partial charge in [-0.2, -0.15) is 5.26 Å². The quantitative estimate of drug-likeness (QED) is 0.741. The summed E-state index contributed by atoms with van der Waals surface area (Å²) in [5.41, 5.74) is 2.91. The third-order valence-corrected chi connectivity index (χ3v) is 4.56. The number of esters is 2. The Morgan fingerprint density at radius 2 is 1.54 bits per heavy atom. The van der Waals surface area contributed by atoms with Crippen LogP contribution >= 0.6 is 0 Å². The first kappa shape index (κ1) is 19.6. The van der Waals surface area contributed by atoms with Crippen LogP contribution in [0.4, 0.5) is 0 Å². The third kappa shape index (κ3) is 4.76. The Kier molecular flexibility index (Phi) is 6.07. The molecule has 0 aromatic heterocycles. The highest BCUT2D eigenvalue weighted by Crippen LogP contribution is 2.25. The molecule has 1 heterocycles. The monoisotopic (exact) mass is 379 g/mol. The van der Waals surface area contributed by atoms with Gasteiger partial charge < -0.3 is 14.2 Å². The minimum atomic E-state index is -0.709. The normalized spacial score (nSPS) is 21.0. The Balaban J connectivity index is 1.62. The predicted molar refractivity (Wildman–Crippen MR) is 101 cm³/mol. The topological polar surface area (TPSA) is 85.6 Å². The molecule has 28 heavy (non-hydrogen) atoms. The SMILES string of the molecule is Cc1ccc(C(=O)OC[C@@H]2O[C@@H](C#N)C[C@@H]2OC(=O)c2ccc(C)cc2)cc1. The number of benzene rings is 2. The van der Waals surface area contributed by atoms with E-state index in [1.54, 1.807) is 24.3 Å². The lowest BCUT2D eigenvalue weighted by Gasteiger charge is -2.19. The van der Waals surface area contributed by atoms with Gasteiger partial charge in [0.05, 0.1) is 17.2 Å². The lowest BCUT2D eigenvalue weighted by molar-refractivity contribution is -0.0350. The molecule has 0 bridgehead atoms. The van der Waals surface area contributed by atoms with Gasteiger partial charge in [0.25, 0.3) is 0 Å². The Bertz CT molecular complexity index is 883. The van der Waals surface area contributed by atoms with E-state index in [1.807, 2.05) is 44.2 Å². The molecule has 1 saturated heterocycles. The van der Waals surface area contributed by atoms with E-state index in [-0.39, 0.29) is 13.0 Å². The summed E-state index contributed by atoms with van der Waals surface area (Å²) in [5, 5.41) is 9.14. The zero-order valence-electron chi connectivity index (χ0n) is 15.8. The van der Waals surface area contributed by atoms with E-state index in [0.29, 0.717) is 11.1 Å². The second-order valence-corrected chi connectivity index (χ2v) is 6.80. The number of carbonyl (C=O) groups excluding carboxylic acids is 2. The second kappa shape index (κ2) is 8.68. The Labute approximate surface area is 163 Å². The van der Waals surface area contributed by atoms with Gasteiger partial charge in [-0.05, 0) is 38.1 Å². The lowest BCUT2D eigenvalue weighted by atomic mass is 10.1. The van der Waals surface area contributed by atoms with Gasteiger partial charge in [-0.25, -0.2) is 9.59 Å². The molecule has 0 radical (unpaired) electrons. The van der Waals surface area contributed by atoms with Gasteiger partial charge in [-0.3, -0.25) is 0 Å². The van der Waals surface area contributed by atoms with Gasteiger partial charge in [0.15, 0.2) is 0 Å². The van der Waals surface area contributed by atoms with Crippen molar-refractivity contribution >= 4 is 11.9 Å². The molecular formula is C22H21NO5. The van der Waals surface area contributed by atoms with Crippen LogP contribution in [0.15, 0.2) is 48.5 Å². The lowest BCUT2D eigenvalue weighted by Crippen LogP contribution is -2.32. The van der Waals surface area contributed by atoms with Crippen molar-refractivity contribution in [3.8, 4) is 6.07 Å². The molecule has 3 rings (SSSR count). The van der Waals surface area contributed by atoms with Crippen molar-refractivity contribution in [2.45, 2.75) is 38.6 Å². The molecule has 0 aliphatic carbocycles. The maximum absolute atomic E-state index is 12.4. The van der Waals surface area contributed by atoms with Crippen molar-refractivity contribution in [1.82, 2.24) is 0 Å². The highest BCUT2D eigenvalue weighted by Gasteiger charge is 2.39. The number of nitriles is 1. The molecule has 144 valence electrons. The van der Waals surface area contributed by atoms with Crippen molar-refractivity contribution in [2.24, 2.45) is 0 Å². The molecule has 2 aromatic carbocycles. The maximum atomic E-state index is 12.4. The van der Waals surface area contributed by atoms with E-state index in [9.17, 15) is 9.59 Å². The van der Waals surface area contributed by atoms with Gasteiger partial charge in [0, 0.05) is 6.42 Å². The maximum Gasteiger partial charge on any atom is 0.338 e. The standard InChI is InChI=1S/C22H21NO5/c1-14-3-7-16(8-4-14)21(24)26-13-20-19(11-18(12-23)27-20)28-22(25)17-9-5-15(2)6-10-17/h3-10,18-20H,11,13H2,1-2H3/t18-,19+,20+/m1/s1. The third-order valence-electron chi connectivity index (χ3n) is 4.56. The molecule has 3 atom stereocenters. The Hall–Kier alpha value is -3.17. The van der Waals surface area contributed by atoms with E-state index in [0.717, 1.165) is 11.1 Å². The average Bonchev–Trinajstić information content (AvgIpc) is 3.09. The van der Waals surface area contributed by atoms with E-state index in [1.165, 1.54) is 0 Å². The van der Waals surface area contributed by atoms with Gasteiger partial charge in [0.2, 0.25) is 0 Å². The summed E-state index contributed by atoms with van der Waals surface area (Å²) in [4.78, 5) is 24.6. The van der Waals surface area contributed by atoms with Crippen LogP contribution in [0.25, 0.3) is 0 Å². The highest BCUT2D eigenvalue weighted by atomic mass is 16.6. The van der Waals surface area contributed by atoms with Crippen molar-refractivity contribution in [3.63, 3.8) is 0 Å². The summed E-state index contributed by atoms with van der Waals surface area (Å²) in [6.45, 7) is 3.75. The summed E-state index contributed by atoms with van der Waals surface area (Å²) in [6.07, 6.45) is -1.82. The van der Waals surface area contributed by atoms with Crippen LogP contribution in [-0.4, -0.2) is 36.9 Å². The molecule has 0 spiro atoms. The number of nitrogens with zero attached hydrogens (tertiary/aromatic N) is 1. The van der Waals surface area contributed by atoms with Gasteiger partial charge in [0.1, 0.15) is 24.9 Å². The highest BCUT2D eigenvalue weighted by molar-refractivity contribution is 5.90. The second-order valence-electron chi connectivity index (χ2n) is 6.80. The number of hydrogen-bond donors (Lipinski definition) is 0. The predicted octanol–water partition coefficient (Wildman–Crippen LogP) is 3.37. The minimum Gasteiger partial charge on any atom is -0.459 e. The van der Waals surface area contributed by atoms with Crippen LogP contribution in [0.1, 0.15) is 38.3 Å². The van der Waals surface area contributed by atoms with Crippen LogP contribution in [0.3, 0.4) is 0 Å². The summed E-state index contributed by atoms with van der Waals surface area (Å²) in [7, 11) is 0. The van der Waals surface area contributed by atoms with Crippen LogP contribution < -0.4 is 0 Å². The van der Waals surface area contributed by atoms with Crippen LogP contribution in [0.2, 0.25) is 0 Å². The number of hydrogen-bond acceptors (Lipinski definition) is 6. The van der Waals surface area contributed by atoms with Crippen molar-refractivity contribution in [1.29, 1.82) is 5.26 Å². The molecule has 0 saturated carbocycles. The smallest absolute Gasteiger partial charge is 0.338 e. The summed E-state index contributed by atoms with van der Waals surface area (Å²) < 4.78 is 16.4. The molecule has 0 N–H and O–H groups in total. The number of rotatable bonds is 5. The Morgan fingerprint density at radius 3 is 2.07 bits per heavy atom. The summed E-state index contributed by atoms with van der Waals surface area (Å²) >= 11 is 0. The molecule has 1 aliphatic heterocycles. The fraction of sp³-hybridized carbons (Fsp3) is 0.318.